The number of benzene rings is 3. The molecule has 0 spiro atoms. The SMILES string of the molecule is Cc1ccc(Cc2ccc(CCC(CNC(=O)C/C=C/N)NCc3ccccc3)cc2)cc1. The summed E-state index contributed by atoms with van der Waals surface area (Å²) in [6, 6.07) is 28.1. The fourth-order valence-electron chi connectivity index (χ4n) is 3.72. The molecule has 172 valence electrons. The average Bonchev–Trinajstić information content (AvgIpc) is 2.85. The summed E-state index contributed by atoms with van der Waals surface area (Å²) in [5, 5.41) is 6.63. The van der Waals surface area contributed by atoms with Gasteiger partial charge in [-0.05, 0) is 54.6 Å². The minimum atomic E-state index is -0.0105. The smallest absolute Gasteiger partial charge is 0.223 e. The minimum absolute atomic E-state index is 0.0105. The standard InChI is InChI=1S/C29H35N3O/c1-23-9-11-25(12-10-23)20-26-15-13-24(14-16-26)17-18-28(22-32-29(33)8-5-19-30)31-21-27-6-3-2-4-7-27/h2-7,9-16,19,28,31H,8,17-18,20-22,30H2,1H3,(H,32,33)/b19-5+. The molecule has 0 heterocycles. The molecular formula is C29H35N3O. The van der Waals surface area contributed by atoms with Crippen molar-refractivity contribution in [1.82, 2.24) is 10.6 Å². The van der Waals surface area contributed by atoms with E-state index in [2.05, 4.69) is 78.2 Å². The van der Waals surface area contributed by atoms with Crippen LogP contribution in [0.4, 0.5) is 0 Å². The first kappa shape index (κ1) is 24.3. The summed E-state index contributed by atoms with van der Waals surface area (Å²) in [7, 11) is 0. The van der Waals surface area contributed by atoms with Crippen LogP contribution in [0, 0.1) is 6.92 Å². The van der Waals surface area contributed by atoms with E-state index < -0.39 is 0 Å². The van der Waals surface area contributed by atoms with Gasteiger partial charge in [0.25, 0.3) is 0 Å². The molecule has 1 amide bonds. The first-order valence-corrected chi connectivity index (χ1v) is 11.7. The third-order valence-corrected chi connectivity index (χ3v) is 5.76. The molecule has 3 rings (SSSR count). The highest BCUT2D eigenvalue weighted by atomic mass is 16.1. The summed E-state index contributed by atoms with van der Waals surface area (Å²) in [4.78, 5) is 12.0. The molecule has 0 aliphatic carbocycles. The highest BCUT2D eigenvalue weighted by Gasteiger charge is 2.11. The number of rotatable bonds is 12. The Morgan fingerprint density at radius 3 is 2.18 bits per heavy atom. The topological polar surface area (TPSA) is 67.2 Å². The molecule has 0 saturated carbocycles. The van der Waals surface area contributed by atoms with Crippen LogP contribution < -0.4 is 16.4 Å². The molecule has 0 aliphatic heterocycles. The van der Waals surface area contributed by atoms with Crippen LogP contribution in [-0.4, -0.2) is 18.5 Å². The third kappa shape index (κ3) is 8.95. The maximum absolute atomic E-state index is 12.0. The van der Waals surface area contributed by atoms with Gasteiger partial charge in [0.1, 0.15) is 0 Å². The Morgan fingerprint density at radius 2 is 1.52 bits per heavy atom. The fraction of sp³-hybridized carbons (Fsp3) is 0.276. The molecule has 0 aromatic heterocycles. The maximum atomic E-state index is 12.0. The quantitative estimate of drug-likeness (QED) is 0.383. The lowest BCUT2D eigenvalue weighted by atomic mass is 10.00. The predicted octanol–water partition coefficient (Wildman–Crippen LogP) is 4.66. The second-order valence-electron chi connectivity index (χ2n) is 8.52. The molecule has 1 unspecified atom stereocenters. The second-order valence-corrected chi connectivity index (χ2v) is 8.52. The van der Waals surface area contributed by atoms with E-state index in [9.17, 15) is 4.79 Å². The molecule has 4 heteroatoms. The van der Waals surface area contributed by atoms with Crippen molar-refractivity contribution in [2.75, 3.05) is 6.54 Å². The Bertz CT molecular complexity index is 995. The maximum Gasteiger partial charge on any atom is 0.223 e. The zero-order chi connectivity index (χ0) is 23.3. The normalized spacial score (nSPS) is 12.0. The largest absolute Gasteiger partial charge is 0.405 e. The fourth-order valence-corrected chi connectivity index (χ4v) is 3.72. The number of carbonyl (C=O) groups is 1. The molecule has 1 atom stereocenters. The predicted molar refractivity (Wildman–Crippen MR) is 137 cm³/mol. The van der Waals surface area contributed by atoms with E-state index in [1.165, 1.54) is 34.0 Å². The summed E-state index contributed by atoms with van der Waals surface area (Å²) in [5.41, 5.74) is 11.8. The van der Waals surface area contributed by atoms with Gasteiger partial charge in [0.15, 0.2) is 0 Å². The highest BCUT2D eigenvalue weighted by molar-refractivity contribution is 5.77. The average molecular weight is 442 g/mol. The van der Waals surface area contributed by atoms with Gasteiger partial charge in [-0.15, -0.1) is 0 Å². The molecular weight excluding hydrogens is 406 g/mol. The van der Waals surface area contributed by atoms with Crippen LogP contribution in [0.3, 0.4) is 0 Å². The molecule has 0 bridgehead atoms. The van der Waals surface area contributed by atoms with E-state index in [1.807, 2.05) is 18.2 Å². The lowest BCUT2D eigenvalue weighted by molar-refractivity contribution is -0.120. The summed E-state index contributed by atoms with van der Waals surface area (Å²) < 4.78 is 0. The number of amides is 1. The molecule has 4 N–H and O–H groups in total. The molecule has 0 saturated heterocycles. The van der Waals surface area contributed by atoms with E-state index >= 15 is 0 Å². The number of carbonyl (C=O) groups excluding carboxylic acids is 1. The van der Waals surface area contributed by atoms with Crippen molar-refractivity contribution < 1.29 is 4.79 Å². The van der Waals surface area contributed by atoms with Crippen LogP contribution in [0.2, 0.25) is 0 Å². The monoisotopic (exact) mass is 441 g/mol. The van der Waals surface area contributed by atoms with Gasteiger partial charge in [0, 0.05) is 25.6 Å². The van der Waals surface area contributed by atoms with Gasteiger partial charge in [-0.1, -0.05) is 90.5 Å². The van der Waals surface area contributed by atoms with Crippen molar-refractivity contribution in [1.29, 1.82) is 0 Å². The molecule has 0 fully saturated rings. The Hall–Kier alpha value is -3.37. The van der Waals surface area contributed by atoms with Crippen LogP contribution in [-0.2, 0) is 24.2 Å². The van der Waals surface area contributed by atoms with E-state index in [1.54, 1.807) is 6.08 Å². The summed E-state index contributed by atoms with van der Waals surface area (Å²) in [5.74, 6) is -0.0105. The van der Waals surface area contributed by atoms with Crippen LogP contribution in [0.15, 0.2) is 91.1 Å². The van der Waals surface area contributed by atoms with E-state index in [0.29, 0.717) is 13.0 Å². The Labute approximate surface area is 197 Å². The van der Waals surface area contributed by atoms with Crippen LogP contribution >= 0.6 is 0 Å². The Kier molecular flexibility index (Phi) is 9.74. The number of nitrogens with one attached hydrogen (secondary N) is 2. The van der Waals surface area contributed by atoms with Gasteiger partial charge >= 0.3 is 0 Å². The third-order valence-electron chi connectivity index (χ3n) is 5.76. The van der Waals surface area contributed by atoms with Crippen LogP contribution in [0.1, 0.15) is 40.7 Å². The van der Waals surface area contributed by atoms with Crippen molar-refractivity contribution in [3.63, 3.8) is 0 Å². The van der Waals surface area contributed by atoms with Gasteiger partial charge in [0.2, 0.25) is 5.91 Å². The lowest BCUT2D eigenvalue weighted by Crippen LogP contribution is -2.40. The van der Waals surface area contributed by atoms with Crippen molar-refractivity contribution in [3.05, 3.63) is 119 Å². The molecule has 4 nitrogen and oxygen atoms in total. The lowest BCUT2D eigenvalue weighted by Gasteiger charge is -2.20. The van der Waals surface area contributed by atoms with Crippen molar-refractivity contribution >= 4 is 5.91 Å². The van der Waals surface area contributed by atoms with E-state index in [-0.39, 0.29) is 11.9 Å². The Morgan fingerprint density at radius 1 is 0.879 bits per heavy atom. The van der Waals surface area contributed by atoms with E-state index in [4.69, 9.17) is 5.73 Å². The van der Waals surface area contributed by atoms with Gasteiger partial charge in [-0.2, -0.15) is 0 Å². The Balaban J connectivity index is 1.53. The molecule has 0 aliphatic rings. The number of aryl methyl sites for hydroxylation is 2. The van der Waals surface area contributed by atoms with Crippen LogP contribution in [0.5, 0.6) is 0 Å². The van der Waals surface area contributed by atoms with E-state index in [0.717, 1.165) is 25.8 Å². The van der Waals surface area contributed by atoms with Crippen LogP contribution in [0.25, 0.3) is 0 Å². The first-order valence-electron chi connectivity index (χ1n) is 11.7. The van der Waals surface area contributed by atoms with Gasteiger partial charge in [-0.3, -0.25) is 4.79 Å². The van der Waals surface area contributed by atoms with Gasteiger partial charge in [-0.25, -0.2) is 0 Å². The number of hydrogen-bond donors (Lipinski definition) is 3. The van der Waals surface area contributed by atoms with Gasteiger partial charge in [0.05, 0.1) is 0 Å². The summed E-state index contributed by atoms with van der Waals surface area (Å²) in [6.45, 7) is 3.48. The zero-order valence-corrected chi connectivity index (χ0v) is 19.5. The molecule has 3 aromatic rings. The second kappa shape index (κ2) is 13.2. The minimum Gasteiger partial charge on any atom is -0.405 e. The molecule has 0 radical (unpaired) electrons. The molecule has 3 aromatic carbocycles. The van der Waals surface area contributed by atoms with Crippen molar-refractivity contribution in [3.8, 4) is 0 Å². The summed E-state index contributed by atoms with van der Waals surface area (Å²) in [6.07, 6.45) is 6.23. The van der Waals surface area contributed by atoms with Crippen molar-refractivity contribution in [2.24, 2.45) is 5.73 Å². The molecule has 33 heavy (non-hydrogen) atoms. The zero-order valence-electron chi connectivity index (χ0n) is 19.5. The highest BCUT2D eigenvalue weighted by Crippen LogP contribution is 2.13. The number of nitrogens with two attached hydrogens (primary N) is 1. The van der Waals surface area contributed by atoms with Gasteiger partial charge < -0.3 is 16.4 Å². The first-order chi connectivity index (χ1) is 16.1. The summed E-state index contributed by atoms with van der Waals surface area (Å²) >= 11 is 0. The number of hydrogen-bond acceptors (Lipinski definition) is 3. The van der Waals surface area contributed by atoms with Crippen molar-refractivity contribution in [2.45, 2.75) is 45.2 Å².